The van der Waals surface area contributed by atoms with Gasteiger partial charge in [-0.2, -0.15) is 0 Å². The molecule has 0 unspecified atom stereocenters. The third-order valence-corrected chi connectivity index (χ3v) is 7.55. The van der Waals surface area contributed by atoms with Crippen molar-refractivity contribution in [2.75, 3.05) is 11.9 Å². The number of imide groups is 1. The van der Waals surface area contributed by atoms with Crippen molar-refractivity contribution in [2.45, 2.75) is 6.61 Å². The van der Waals surface area contributed by atoms with E-state index in [2.05, 4.69) is 50.5 Å². The molecule has 0 atom stereocenters. The number of anilines is 1. The molecule has 1 heterocycles. The van der Waals surface area contributed by atoms with Gasteiger partial charge in [-0.1, -0.05) is 41.9 Å². The minimum Gasteiger partial charge on any atom is -0.487 e. The van der Waals surface area contributed by atoms with Gasteiger partial charge in [0.1, 0.15) is 24.7 Å². The molecule has 3 aromatic carbocycles. The molecule has 0 bridgehead atoms. The van der Waals surface area contributed by atoms with Crippen molar-refractivity contribution in [2.24, 2.45) is 0 Å². The molecule has 1 fully saturated rings. The molecule has 4 rings (SSSR count). The topological polar surface area (TPSA) is 75.7 Å². The number of amides is 3. The van der Waals surface area contributed by atoms with Crippen LogP contribution in [0.1, 0.15) is 11.1 Å². The van der Waals surface area contributed by atoms with E-state index < -0.39 is 29.4 Å². The second-order valence-electron chi connectivity index (χ2n) is 7.53. The lowest BCUT2D eigenvalue weighted by molar-refractivity contribution is -0.127. The zero-order chi connectivity index (χ0) is 25.8. The Morgan fingerprint density at radius 1 is 1.11 bits per heavy atom. The van der Waals surface area contributed by atoms with Crippen LogP contribution in [0.2, 0.25) is 5.02 Å². The Morgan fingerprint density at radius 3 is 2.58 bits per heavy atom. The summed E-state index contributed by atoms with van der Waals surface area (Å²) in [5, 5.41) is 1.79. The van der Waals surface area contributed by atoms with Crippen LogP contribution in [-0.4, -0.2) is 28.5 Å². The Kier molecular flexibility index (Phi) is 8.91. The van der Waals surface area contributed by atoms with Gasteiger partial charge in [-0.15, -0.1) is 0 Å². The van der Waals surface area contributed by atoms with Gasteiger partial charge in [0.25, 0.3) is 11.1 Å². The van der Waals surface area contributed by atoms with Gasteiger partial charge in [-0.3, -0.25) is 19.3 Å². The molecule has 0 radical (unpaired) electrons. The first-order valence-corrected chi connectivity index (χ1v) is 13.7. The van der Waals surface area contributed by atoms with E-state index in [1.54, 1.807) is 6.08 Å². The Balaban J connectivity index is 1.51. The summed E-state index contributed by atoms with van der Waals surface area (Å²) in [5.41, 5.74) is 1.90. The first kappa shape index (κ1) is 26.9. The van der Waals surface area contributed by atoms with Gasteiger partial charge < -0.3 is 10.1 Å². The summed E-state index contributed by atoms with van der Waals surface area (Å²) in [7, 11) is 0. The van der Waals surface area contributed by atoms with Crippen molar-refractivity contribution in [3.63, 3.8) is 0 Å². The largest absolute Gasteiger partial charge is 0.487 e. The molecule has 1 aliphatic heterocycles. The molecular formula is C25H16ClFI2N2O4S. The SMILES string of the molecule is O=C(CN1C(=O)S/C(=C/c2cc(I)cc(I)c2OCc2ccccc2)C1=O)Nc1ccc(F)c(Cl)c1. The highest BCUT2D eigenvalue weighted by atomic mass is 127. The maximum atomic E-state index is 13.3. The van der Waals surface area contributed by atoms with Crippen molar-refractivity contribution in [3.8, 4) is 5.75 Å². The van der Waals surface area contributed by atoms with Gasteiger partial charge in [0.2, 0.25) is 5.91 Å². The zero-order valence-corrected chi connectivity index (χ0v) is 24.2. The Bertz CT molecular complexity index is 1390. The molecule has 3 amide bonds. The Morgan fingerprint density at radius 2 is 1.86 bits per heavy atom. The summed E-state index contributed by atoms with van der Waals surface area (Å²) < 4.78 is 21.2. The number of rotatable bonds is 7. The van der Waals surface area contributed by atoms with E-state index in [4.69, 9.17) is 16.3 Å². The fourth-order valence-corrected chi connectivity index (χ4v) is 6.32. The van der Waals surface area contributed by atoms with Crippen LogP contribution in [0.4, 0.5) is 14.9 Å². The minimum atomic E-state index is -0.622. The van der Waals surface area contributed by atoms with Crippen molar-refractivity contribution in [1.29, 1.82) is 0 Å². The molecule has 0 spiro atoms. The van der Waals surface area contributed by atoms with Crippen LogP contribution in [0.15, 0.2) is 65.6 Å². The second kappa shape index (κ2) is 11.9. The van der Waals surface area contributed by atoms with Crippen molar-refractivity contribution < 1.29 is 23.5 Å². The van der Waals surface area contributed by atoms with E-state index in [9.17, 15) is 18.8 Å². The van der Waals surface area contributed by atoms with E-state index in [0.29, 0.717) is 17.9 Å². The lowest BCUT2D eigenvalue weighted by atomic mass is 10.1. The molecule has 1 aliphatic rings. The van der Waals surface area contributed by atoms with Crippen LogP contribution < -0.4 is 10.1 Å². The second-order valence-corrected chi connectivity index (χ2v) is 11.3. The van der Waals surface area contributed by atoms with E-state index in [-0.39, 0.29) is 15.6 Å². The molecule has 0 saturated carbocycles. The lowest BCUT2D eigenvalue weighted by Crippen LogP contribution is -2.36. The summed E-state index contributed by atoms with van der Waals surface area (Å²) in [4.78, 5) is 39.0. The van der Waals surface area contributed by atoms with Gasteiger partial charge >= 0.3 is 0 Å². The zero-order valence-electron chi connectivity index (χ0n) is 18.3. The van der Waals surface area contributed by atoms with Crippen molar-refractivity contribution in [3.05, 3.63) is 94.7 Å². The Hall–Kier alpha value is -2.16. The summed E-state index contributed by atoms with van der Waals surface area (Å²) >= 11 is 10.8. The number of ether oxygens (including phenoxy) is 1. The Labute approximate surface area is 242 Å². The predicted molar refractivity (Wildman–Crippen MR) is 155 cm³/mol. The minimum absolute atomic E-state index is 0.153. The fourth-order valence-electron chi connectivity index (χ4n) is 3.27. The molecule has 1 N–H and O–H groups in total. The van der Waals surface area contributed by atoms with E-state index in [1.807, 2.05) is 42.5 Å². The molecule has 0 aliphatic carbocycles. The first-order valence-electron chi connectivity index (χ1n) is 10.4. The summed E-state index contributed by atoms with van der Waals surface area (Å²) in [6.45, 7) is -0.147. The first-order chi connectivity index (χ1) is 17.2. The monoisotopic (exact) mass is 748 g/mol. The van der Waals surface area contributed by atoms with E-state index >= 15 is 0 Å². The molecule has 184 valence electrons. The van der Waals surface area contributed by atoms with Crippen LogP contribution in [0.25, 0.3) is 6.08 Å². The molecule has 3 aromatic rings. The number of benzene rings is 3. The van der Waals surface area contributed by atoms with Crippen LogP contribution >= 0.6 is 68.5 Å². The van der Waals surface area contributed by atoms with Gasteiger partial charge in [-0.25, -0.2) is 4.39 Å². The number of nitrogens with zero attached hydrogens (tertiary/aromatic N) is 1. The molecule has 1 saturated heterocycles. The van der Waals surface area contributed by atoms with Crippen molar-refractivity contribution >= 4 is 97.4 Å². The van der Waals surface area contributed by atoms with Crippen molar-refractivity contribution in [1.82, 2.24) is 4.90 Å². The van der Waals surface area contributed by atoms with Crippen LogP contribution in [0.5, 0.6) is 5.75 Å². The standard InChI is InChI=1S/C25H16ClFI2N2O4S/c26-18-11-17(6-7-19(18)27)30-22(32)12-31-24(33)21(36-25(31)34)9-15-8-16(28)10-20(29)23(15)35-13-14-4-2-1-3-5-14/h1-11H,12-13H2,(H,30,32)/b21-9+. The average Bonchev–Trinajstić information content (AvgIpc) is 3.08. The lowest BCUT2D eigenvalue weighted by Gasteiger charge is -2.13. The predicted octanol–water partition coefficient (Wildman–Crippen LogP) is 6.94. The number of hydrogen-bond donors (Lipinski definition) is 1. The van der Waals surface area contributed by atoms with Crippen LogP contribution in [-0.2, 0) is 16.2 Å². The highest BCUT2D eigenvalue weighted by Crippen LogP contribution is 2.36. The maximum Gasteiger partial charge on any atom is 0.294 e. The molecular weight excluding hydrogens is 733 g/mol. The third kappa shape index (κ3) is 6.58. The number of carbonyl (C=O) groups is 3. The number of halogens is 4. The highest BCUT2D eigenvalue weighted by Gasteiger charge is 2.36. The van der Waals surface area contributed by atoms with Gasteiger partial charge in [0.15, 0.2) is 0 Å². The summed E-state index contributed by atoms with van der Waals surface area (Å²) in [5.74, 6) is -1.22. The van der Waals surface area contributed by atoms with E-state index in [1.165, 1.54) is 12.1 Å². The van der Waals surface area contributed by atoms with Gasteiger partial charge in [-0.05, 0) is 98.9 Å². The smallest absolute Gasteiger partial charge is 0.294 e. The number of hydrogen-bond acceptors (Lipinski definition) is 5. The molecule has 0 aromatic heterocycles. The molecule has 36 heavy (non-hydrogen) atoms. The summed E-state index contributed by atoms with van der Waals surface area (Å²) in [6, 6.07) is 17.2. The average molecular weight is 749 g/mol. The third-order valence-electron chi connectivity index (χ3n) is 4.93. The normalized spacial score (nSPS) is 14.4. The number of carbonyl (C=O) groups excluding carboxylic acids is 3. The molecule has 11 heteroatoms. The quantitative estimate of drug-likeness (QED) is 0.210. The number of nitrogens with one attached hydrogen (secondary N) is 1. The highest BCUT2D eigenvalue weighted by molar-refractivity contribution is 14.1. The maximum absolute atomic E-state index is 13.3. The van der Waals surface area contributed by atoms with Crippen LogP contribution in [0, 0.1) is 13.0 Å². The van der Waals surface area contributed by atoms with Crippen LogP contribution in [0.3, 0.4) is 0 Å². The summed E-state index contributed by atoms with van der Waals surface area (Å²) in [6.07, 6.45) is 1.60. The molecule has 6 nitrogen and oxygen atoms in total. The van der Waals surface area contributed by atoms with Gasteiger partial charge in [0, 0.05) is 14.8 Å². The van der Waals surface area contributed by atoms with Gasteiger partial charge in [0.05, 0.1) is 13.5 Å². The fraction of sp³-hybridized carbons (Fsp3) is 0.0800. The number of thioether (sulfide) groups is 1. The van der Waals surface area contributed by atoms with E-state index in [0.717, 1.165) is 35.4 Å².